The molecular weight excluding hydrogens is 262 g/mol. The molecule has 4 heteroatoms. The zero-order chi connectivity index (χ0) is 14.9. The highest BCUT2D eigenvalue weighted by Crippen LogP contribution is 2.31. The quantitative estimate of drug-likeness (QED) is 0.885. The Morgan fingerprint density at radius 2 is 2.00 bits per heavy atom. The van der Waals surface area contributed by atoms with Crippen LogP contribution in [0.15, 0.2) is 24.3 Å². The monoisotopic (exact) mass is 287 g/mol. The Morgan fingerprint density at radius 3 is 2.76 bits per heavy atom. The summed E-state index contributed by atoms with van der Waals surface area (Å²) in [4.78, 5) is 15.0. The smallest absolute Gasteiger partial charge is 0.240 e. The van der Waals surface area contributed by atoms with E-state index in [-0.39, 0.29) is 11.9 Å². The SMILES string of the molecule is CC(C)(C(=O)NC1CCc2ccccc21)N1CCNCC1. The second-order valence-electron chi connectivity index (χ2n) is 6.56. The van der Waals surface area contributed by atoms with Crippen molar-refractivity contribution >= 4 is 5.91 Å². The van der Waals surface area contributed by atoms with Crippen molar-refractivity contribution < 1.29 is 4.79 Å². The summed E-state index contributed by atoms with van der Waals surface area (Å²) < 4.78 is 0. The third kappa shape index (κ3) is 2.83. The predicted octanol–water partition coefficient (Wildman–Crippen LogP) is 1.47. The fraction of sp³-hybridized carbons (Fsp3) is 0.588. The van der Waals surface area contributed by atoms with Crippen molar-refractivity contribution in [2.75, 3.05) is 26.2 Å². The number of aryl methyl sites for hydroxylation is 1. The highest BCUT2D eigenvalue weighted by Gasteiger charge is 2.37. The van der Waals surface area contributed by atoms with Gasteiger partial charge >= 0.3 is 0 Å². The van der Waals surface area contributed by atoms with Gasteiger partial charge in [-0.2, -0.15) is 0 Å². The summed E-state index contributed by atoms with van der Waals surface area (Å²) in [5, 5.41) is 6.61. The Labute approximate surface area is 126 Å². The van der Waals surface area contributed by atoms with Crippen molar-refractivity contribution in [1.82, 2.24) is 15.5 Å². The molecule has 0 radical (unpaired) electrons. The lowest BCUT2D eigenvalue weighted by Gasteiger charge is -2.40. The van der Waals surface area contributed by atoms with Crippen LogP contribution in [0, 0.1) is 0 Å². The van der Waals surface area contributed by atoms with Crippen molar-refractivity contribution in [3.05, 3.63) is 35.4 Å². The molecule has 1 saturated heterocycles. The van der Waals surface area contributed by atoms with Crippen molar-refractivity contribution in [2.45, 2.75) is 38.3 Å². The Morgan fingerprint density at radius 1 is 1.29 bits per heavy atom. The highest BCUT2D eigenvalue weighted by molar-refractivity contribution is 5.86. The minimum Gasteiger partial charge on any atom is -0.348 e. The number of benzene rings is 1. The molecule has 1 fully saturated rings. The van der Waals surface area contributed by atoms with Crippen LogP contribution < -0.4 is 10.6 Å². The minimum absolute atomic E-state index is 0.145. The standard InChI is InChI=1S/C17H25N3O/c1-17(2,20-11-9-18-10-12-20)16(21)19-15-8-7-13-5-3-4-6-14(13)15/h3-6,15,18H,7-12H2,1-2H3,(H,19,21). The number of nitrogens with one attached hydrogen (secondary N) is 2. The molecule has 114 valence electrons. The molecule has 1 atom stereocenters. The maximum Gasteiger partial charge on any atom is 0.240 e. The second-order valence-corrected chi connectivity index (χ2v) is 6.56. The topological polar surface area (TPSA) is 44.4 Å². The van der Waals surface area contributed by atoms with Gasteiger partial charge in [-0.05, 0) is 37.8 Å². The summed E-state index contributed by atoms with van der Waals surface area (Å²) in [6.07, 6.45) is 2.08. The molecule has 1 aliphatic carbocycles. The van der Waals surface area contributed by atoms with Crippen molar-refractivity contribution in [2.24, 2.45) is 0 Å². The highest BCUT2D eigenvalue weighted by atomic mass is 16.2. The molecule has 1 heterocycles. The van der Waals surface area contributed by atoms with Gasteiger partial charge in [-0.25, -0.2) is 0 Å². The van der Waals surface area contributed by atoms with Gasteiger partial charge in [-0.15, -0.1) is 0 Å². The maximum atomic E-state index is 12.8. The van der Waals surface area contributed by atoms with Gasteiger partial charge in [0, 0.05) is 26.2 Å². The molecule has 0 bridgehead atoms. The lowest BCUT2D eigenvalue weighted by molar-refractivity contribution is -0.132. The van der Waals surface area contributed by atoms with Crippen LogP contribution in [-0.4, -0.2) is 42.5 Å². The van der Waals surface area contributed by atoms with Gasteiger partial charge in [0.2, 0.25) is 5.91 Å². The van der Waals surface area contributed by atoms with Crippen LogP contribution in [0.3, 0.4) is 0 Å². The number of carbonyl (C=O) groups is 1. The molecule has 2 aliphatic rings. The van der Waals surface area contributed by atoms with Gasteiger partial charge < -0.3 is 10.6 Å². The molecule has 1 aliphatic heterocycles. The Kier molecular flexibility index (Phi) is 4.00. The maximum absolute atomic E-state index is 12.8. The molecule has 1 aromatic carbocycles. The summed E-state index contributed by atoms with van der Waals surface area (Å²) in [5.74, 6) is 0.145. The van der Waals surface area contributed by atoms with E-state index in [0.29, 0.717) is 0 Å². The number of fused-ring (bicyclic) bond motifs is 1. The molecule has 1 unspecified atom stereocenters. The number of hydrogen-bond donors (Lipinski definition) is 2. The first-order valence-electron chi connectivity index (χ1n) is 7.93. The largest absolute Gasteiger partial charge is 0.348 e. The van der Waals surface area contributed by atoms with E-state index in [1.54, 1.807) is 0 Å². The van der Waals surface area contributed by atoms with Gasteiger partial charge in [-0.3, -0.25) is 9.69 Å². The fourth-order valence-electron chi connectivity index (χ4n) is 3.41. The van der Waals surface area contributed by atoms with Crippen molar-refractivity contribution in [3.63, 3.8) is 0 Å². The lowest BCUT2D eigenvalue weighted by Crippen LogP contribution is -2.60. The number of rotatable bonds is 3. The number of nitrogens with zero attached hydrogens (tertiary/aromatic N) is 1. The first-order chi connectivity index (χ1) is 10.1. The summed E-state index contributed by atoms with van der Waals surface area (Å²) in [6.45, 7) is 7.86. The summed E-state index contributed by atoms with van der Waals surface area (Å²) in [5.41, 5.74) is 2.23. The van der Waals surface area contributed by atoms with Gasteiger partial charge in [0.1, 0.15) is 0 Å². The first kappa shape index (κ1) is 14.5. The molecule has 21 heavy (non-hydrogen) atoms. The Bertz CT molecular complexity index is 521. The van der Waals surface area contributed by atoms with Crippen LogP contribution in [0.5, 0.6) is 0 Å². The summed E-state index contributed by atoms with van der Waals surface area (Å²) >= 11 is 0. The minimum atomic E-state index is -0.445. The molecule has 1 amide bonds. The lowest BCUT2D eigenvalue weighted by atomic mass is 9.99. The van der Waals surface area contributed by atoms with E-state index < -0.39 is 5.54 Å². The van der Waals surface area contributed by atoms with Crippen LogP contribution in [0.2, 0.25) is 0 Å². The van der Waals surface area contributed by atoms with Crippen LogP contribution in [0.4, 0.5) is 0 Å². The average Bonchev–Trinajstić information content (AvgIpc) is 2.91. The van der Waals surface area contributed by atoms with Crippen LogP contribution in [0.25, 0.3) is 0 Å². The molecule has 1 aromatic rings. The van der Waals surface area contributed by atoms with E-state index in [9.17, 15) is 4.79 Å². The van der Waals surface area contributed by atoms with Gasteiger partial charge in [0.05, 0.1) is 11.6 Å². The van der Waals surface area contributed by atoms with Gasteiger partial charge in [0.15, 0.2) is 0 Å². The Hall–Kier alpha value is -1.39. The van der Waals surface area contributed by atoms with E-state index in [0.717, 1.165) is 39.0 Å². The zero-order valence-corrected chi connectivity index (χ0v) is 13.0. The molecular formula is C17H25N3O. The molecule has 0 spiro atoms. The number of carbonyl (C=O) groups excluding carboxylic acids is 1. The fourth-order valence-corrected chi connectivity index (χ4v) is 3.41. The third-order valence-electron chi connectivity index (χ3n) is 4.90. The molecule has 2 N–H and O–H groups in total. The normalized spacial score (nSPS) is 22.9. The number of amides is 1. The van der Waals surface area contributed by atoms with E-state index >= 15 is 0 Å². The van der Waals surface area contributed by atoms with E-state index in [1.165, 1.54) is 11.1 Å². The van der Waals surface area contributed by atoms with E-state index in [4.69, 9.17) is 0 Å². The number of hydrogen-bond acceptors (Lipinski definition) is 3. The number of piperazine rings is 1. The Balaban J connectivity index is 1.69. The summed E-state index contributed by atoms with van der Waals surface area (Å²) in [6, 6.07) is 8.63. The molecule has 3 rings (SSSR count). The van der Waals surface area contributed by atoms with E-state index in [2.05, 4.69) is 39.8 Å². The van der Waals surface area contributed by atoms with Crippen LogP contribution >= 0.6 is 0 Å². The predicted molar refractivity (Wildman–Crippen MR) is 84.2 cm³/mol. The second kappa shape index (κ2) is 5.78. The first-order valence-corrected chi connectivity index (χ1v) is 7.93. The van der Waals surface area contributed by atoms with Crippen LogP contribution in [0.1, 0.15) is 37.4 Å². The third-order valence-corrected chi connectivity index (χ3v) is 4.90. The van der Waals surface area contributed by atoms with Crippen molar-refractivity contribution in [3.8, 4) is 0 Å². The van der Waals surface area contributed by atoms with E-state index in [1.807, 2.05) is 13.8 Å². The summed E-state index contributed by atoms with van der Waals surface area (Å²) in [7, 11) is 0. The molecule has 0 aromatic heterocycles. The van der Waals surface area contributed by atoms with Gasteiger partial charge in [0.25, 0.3) is 0 Å². The van der Waals surface area contributed by atoms with Gasteiger partial charge in [-0.1, -0.05) is 24.3 Å². The van der Waals surface area contributed by atoms with Crippen molar-refractivity contribution in [1.29, 1.82) is 0 Å². The average molecular weight is 287 g/mol. The molecule has 4 nitrogen and oxygen atoms in total. The zero-order valence-electron chi connectivity index (χ0n) is 13.0. The molecule has 0 saturated carbocycles. The van der Waals surface area contributed by atoms with Crippen LogP contribution in [-0.2, 0) is 11.2 Å².